The van der Waals surface area contributed by atoms with Crippen molar-refractivity contribution in [1.82, 2.24) is 0 Å². The number of ketones is 2. The van der Waals surface area contributed by atoms with Gasteiger partial charge in [-0.2, -0.15) is 0 Å². The third-order valence-corrected chi connectivity index (χ3v) is 12.0. The van der Waals surface area contributed by atoms with Crippen LogP contribution in [0.3, 0.4) is 0 Å². The molecule has 0 fully saturated rings. The molecule has 3 heterocycles. The monoisotopic (exact) mass is 708 g/mol. The van der Waals surface area contributed by atoms with Crippen LogP contribution in [-0.4, -0.2) is 44.1 Å². The van der Waals surface area contributed by atoms with Crippen molar-refractivity contribution in [3.63, 3.8) is 0 Å². The van der Waals surface area contributed by atoms with Crippen LogP contribution in [0.5, 0.6) is 11.5 Å². The first-order valence-corrected chi connectivity index (χ1v) is 18.4. The molecule has 4 aliphatic rings. The van der Waals surface area contributed by atoms with Gasteiger partial charge < -0.3 is 19.3 Å². The Kier molecular flexibility index (Phi) is 7.84. The van der Waals surface area contributed by atoms with Gasteiger partial charge >= 0.3 is 5.97 Å². The van der Waals surface area contributed by atoms with Crippen LogP contribution >= 0.6 is 0 Å². The molecule has 53 heavy (non-hydrogen) atoms. The van der Waals surface area contributed by atoms with Crippen molar-refractivity contribution in [2.45, 2.75) is 72.8 Å². The highest BCUT2D eigenvalue weighted by Crippen LogP contribution is 2.60. The van der Waals surface area contributed by atoms with Crippen molar-refractivity contribution in [2.24, 2.45) is 5.41 Å². The molecule has 0 bridgehead atoms. The van der Waals surface area contributed by atoms with E-state index in [0.29, 0.717) is 39.3 Å². The van der Waals surface area contributed by atoms with Crippen molar-refractivity contribution in [3.05, 3.63) is 116 Å². The van der Waals surface area contributed by atoms with Gasteiger partial charge in [0.2, 0.25) is 5.91 Å². The fourth-order valence-electron chi connectivity index (χ4n) is 9.12. The van der Waals surface area contributed by atoms with Crippen LogP contribution in [0.25, 0.3) is 10.8 Å². The third-order valence-electron chi connectivity index (χ3n) is 12.0. The molecule has 1 spiro atoms. The molecule has 0 saturated heterocycles. The molecule has 0 saturated carbocycles. The summed E-state index contributed by atoms with van der Waals surface area (Å²) in [7, 11) is 3.85. The summed E-state index contributed by atoms with van der Waals surface area (Å²) in [6.45, 7) is 11.8. The molecule has 8 nitrogen and oxygen atoms in total. The fourth-order valence-corrected chi connectivity index (χ4v) is 9.12. The summed E-state index contributed by atoms with van der Waals surface area (Å²) < 4.78 is 13.6. The standard InChI is InChI=1S/C45H44N2O6/c1-9-27-22-35-42(32-14-12-20-46(7)38(27)32)52-41-30-18-17-29(21-28(30)16-19-34(41)45(35)33-15-11-10-13-31(33)43(51)53-45)47(8)36(48)23-44(5,6)37-26(4)39(49)24(2)25(3)40(37)50/h10-11,13,15-19,21-22H,9,12,14,20,23H2,1-8H3. The molecule has 1 unspecified atom stereocenters. The van der Waals surface area contributed by atoms with Gasteiger partial charge in [0.25, 0.3) is 0 Å². The average molecular weight is 709 g/mol. The lowest BCUT2D eigenvalue weighted by Crippen LogP contribution is -2.36. The molecule has 270 valence electrons. The molecular formula is C45H44N2O6. The number of anilines is 2. The number of Topliss-reactive ketones (excluding diaryl/α,β-unsaturated/α-hetero) is 2. The van der Waals surface area contributed by atoms with E-state index < -0.39 is 11.0 Å². The van der Waals surface area contributed by atoms with Crippen molar-refractivity contribution < 1.29 is 28.7 Å². The lowest BCUT2D eigenvalue weighted by Gasteiger charge is -2.41. The number of fused-ring (bicyclic) bond motifs is 10. The van der Waals surface area contributed by atoms with E-state index in [1.807, 2.05) is 68.4 Å². The zero-order valence-electron chi connectivity index (χ0n) is 31.7. The van der Waals surface area contributed by atoms with E-state index in [9.17, 15) is 19.2 Å². The zero-order valence-corrected chi connectivity index (χ0v) is 31.7. The Morgan fingerprint density at radius 2 is 1.62 bits per heavy atom. The number of benzene rings is 4. The summed E-state index contributed by atoms with van der Waals surface area (Å²) in [6.07, 6.45) is 2.69. The Morgan fingerprint density at radius 1 is 0.887 bits per heavy atom. The smallest absolute Gasteiger partial charge is 0.340 e. The summed E-state index contributed by atoms with van der Waals surface area (Å²) >= 11 is 0. The number of esters is 1. The van der Waals surface area contributed by atoms with Crippen molar-refractivity contribution >= 4 is 45.6 Å². The minimum absolute atomic E-state index is 0.0379. The Hall–Kier alpha value is -5.50. The zero-order chi connectivity index (χ0) is 37.7. The number of nitrogens with zero attached hydrogens (tertiary/aromatic N) is 2. The first kappa shape index (κ1) is 34.6. The lowest BCUT2D eigenvalue weighted by molar-refractivity contribution is -0.121. The van der Waals surface area contributed by atoms with Gasteiger partial charge in [-0.05, 0) is 87.4 Å². The summed E-state index contributed by atoms with van der Waals surface area (Å²) in [5.41, 5.74) is 6.79. The van der Waals surface area contributed by atoms with Gasteiger partial charge in [-0.15, -0.1) is 0 Å². The van der Waals surface area contributed by atoms with E-state index in [0.717, 1.165) is 64.6 Å². The van der Waals surface area contributed by atoms with E-state index in [-0.39, 0.29) is 29.9 Å². The van der Waals surface area contributed by atoms with Gasteiger partial charge in [-0.3, -0.25) is 14.4 Å². The van der Waals surface area contributed by atoms with Crippen LogP contribution in [0.2, 0.25) is 0 Å². The molecule has 0 N–H and O–H groups in total. The average Bonchev–Trinajstić information content (AvgIpc) is 3.44. The number of allylic oxidation sites excluding steroid dienone is 4. The number of ether oxygens (including phenoxy) is 2. The van der Waals surface area contributed by atoms with Gasteiger partial charge in [-0.1, -0.05) is 45.0 Å². The van der Waals surface area contributed by atoms with Gasteiger partial charge in [0.1, 0.15) is 11.5 Å². The number of hydrogen-bond donors (Lipinski definition) is 0. The second-order valence-corrected chi connectivity index (χ2v) is 15.6. The molecule has 8 heteroatoms. The maximum absolute atomic E-state index is 13.9. The molecule has 1 amide bonds. The number of aryl methyl sites for hydroxylation is 1. The quantitative estimate of drug-likeness (QED) is 0.152. The predicted molar refractivity (Wildman–Crippen MR) is 206 cm³/mol. The molecule has 1 atom stereocenters. The predicted octanol–water partition coefficient (Wildman–Crippen LogP) is 8.54. The van der Waals surface area contributed by atoms with E-state index >= 15 is 0 Å². The highest BCUT2D eigenvalue weighted by atomic mass is 16.6. The molecule has 8 rings (SSSR count). The van der Waals surface area contributed by atoms with E-state index in [4.69, 9.17) is 9.47 Å². The number of amides is 1. The number of carbonyl (C=O) groups is 4. The van der Waals surface area contributed by atoms with Crippen LogP contribution in [0.1, 0.15) is 92.6 Å². The Balaban J connectivity index is 1.22. The number of rotatable bonds is 5. The van der Waals surface area contributed by atoms with Crippen LogP contribution in [0.15, 0.2) is 83.0 Å². The largest absolute Gasteiger partial charge is 0.455 e. The summed E-state index contributed by atoms with van der Waals surface area (Å²) in [5, 5.41) is 1.69. The van der Waals surface area contributed by atoms with Gasteiger partial charge in [-0.25, -0.2) is 4.79 Å². The molecule has 0 aromatic heterocycles. The second-order valence-electron chi connectivity index (χ2n) is 15.6. The highest BCUT2D eigenvalue weighted by molar-refractivity contribution is 6.25. The first-order valence-electron chi connectivity index (χ1n) is 18.4. The normalized spacial score (nSPS) is 19.2. The minimum Gasteiger partial charge on any atom is -0.455 e. The van der Waals surface area contributed by atoms with E-state index in [1.165, 1.54) is 11.3 Å². The maximum atomic E-state index is 13.9. The Bertz CT molecular complexity index is 2420. The first-order chi connectivity index (χ1) is 25.2. The lowest BCUT2D eigenvalue weighted by atomic mass is 9.71. The number of carbonyl (C=O) groups excluding carboxylic acids is 4. The molecular weight excluding hydrogens is 665 g/mol. The van der Waals surface area contributed by atoms with Gasteiger partial charge in [0, 0.05) is 93.8 Å². The second kappa shape index (κ2) is 12.0. The third kappa shape index (κ3) is 4.87. The Morgan fingerprint density at radius 3 is 2.38 bits per heavy atom. The van der Waals surface area contributed by atoms with E-state index in [1.54, 1.807) is 32.7 Å². The Labute approximate surface area is 310 Å². The molecule has 0 radical (unpaired) electrons. The SMILES string of the molecule is CCc1cc2c(c3c1N(C)CCC3)Oc1c(ccc3cc(N(C)C(=O)CC(C)(C)C4=C(C)C(=O)C(C)=C(C)C4=O)ccc13)C21OC(=O)c2ccccc21. The highest BCUT2D eigenvalue weighted by Gasteiger charge is 2.55. The van der Waals surface area contributed by atoms with Gasteiger partial charge in [0.05, 0.1) is 5.56 Å². The maximum Gasteiger partial charge on any atom is 0.340 e. The minimum atomic E-state index is -1.19. The molecule has 4 aromatic rings. The van der Waals surface area contributed by atoms with Crippen molar-refractivity contribution in [3.8, 4) is 11.5 Å². The number of hydrogen-bond acceptors (Lipinski definition) is 7. The summed E-state index contributed by atoms with van der Waals surface area (Å²) in [6, 6.07) is 19.6. The van der Waals surface area contributed by atoms with Gasteiger partial charge in [0.15, 0.2) is 17.2 Å². The fraction of sp³-hybridized carbons (Fsp3) is 0.333. The molecule has 3 aliphatic heterocycles. The van der Waals surface area contributed by atoms with Crippen LogP contribution < -0.4 is 14.5 Å². The van der Waals surface area contributed by atoms with Crippen molar-refractivity contribution in [2.75, 3.05) is 30.4 Å². The summed E-state index contributed by atoms with van der Waals surface area (Å²) in [5.74, 6) is 0.499. The molecule has 1 aliphatic carbocycles. The van der Waals surface area contributed by atoms with Crippen molar-refractivity contribution in [1.29, 1.82) is 0 Å². The van der Waals surface area contributed by atoms with Crippen LogP contribution in [0.4, 0.5) is 11.4 Å². The topological polar surface area (TPSA) is 93.2 Å². The van der Waals surface area contributed by atoms with Crippen LogP contribution in [-0.2, 0) is 37.6 Å². The summed E-state index contributed by atoms with van der Waals surface area (Å²) in [4.78, 5) is 57.8. The van der Waals surface area contributed by atoms with Crippen LogP contribution in [0, 0.1) is 5.41 Å². The molecule has 4 aromatic carbocycles. The van der Waals surface area contributed by atoms with E-state index in [2.05, 4.69) is 24.9 Å².